The Morgan fingerprint density at radius 1 is 1.19 bits per heavy atom. The summed E-state index contributed by atoms with van der Waals surface area (Å²) < 4.78 is 38.2. The Kier molecular flexibility index (Phi) is 5.26. The molecule has 0 fully saturated rings. The molecule has 7 nitrogen and oxygen atoms in total. The summed E-state index contributed by atoms with van der Waals surface area (Å²) in [5.41, 5.74) is 1.38. The van der Waals surface area contributed by atoms with Gasteiger partial charge >= 0.3 is 0 Å². The molecule has 0 aliphatic rings. The Morgan fingerprint density at radius 3 is 2.69 bits per heavy atom. The molecule has 0 bridgehead atoms. The van der Waals surface area contributed by atoms with Crippen LogP contribution in [0, 0.1) is 6.92 Å². The first-order valence-electron chi connectivity index (χ1n) is 7.62. The summed E-state index contributed by atoms with van der Waals surface area (Å²) in [5.74, 6) is 0.596. The van der Waals surface area contributed by atoms with Crippen LogP contribution in [0.25, 0.3) is 11.5 Å². The molecule has 0 amide bonds. The summed E-state index contributed by atoms with van der Waals surface area (Å²) in [5, 5.41) is 8.23. The van der Waals surface area contributed by atoms with Crippen molar-refractivity contribution in [3.63, 3.8) is 0 Å². The van der Waals surface area contributed by atoms with Crippen molar-refractivity contribution in [3.8, 4) is 17.2 Å². The molecule has 1 N–H and O–H groups in total. The summed E-state index contributed by atoms with van der Waals surface area (Å²) in [6, 6.07) is 11.9. The number of sulfonamides is 1. The lowest BCUT2D eigenvalue weighted by Gasteiger charge is -2.10. The second-order valence-corrected chi connectivity index (χ2v) is 7.60. The number of hydrogen-bond donors (Lipinski definition) is 1. The van der Waals surface area contributed by atoms with Gasteiger partial charge in [-0.05, 0) is 36.8 Å². The normalized spacial score (nSPS) is 11.5. The molecule has 3 aromatic rings. The first kappa shape index (κ1) is 18.4. The molecule has 2 aromatic carbocycles. The molecule has 0 unspecified atom stereocenters. The molecule has 0 saturated heterocycles. The van der Waals surface area contributed by atoms with Crippen LogP contribution < -0.4 is 9.46 Å². The third-order valence-electron chi connectivity index (χ3n) is 3.59. The van der Waals surface area contributed by atoms with Gasteiger partial charge in [-0.25, -0.2) is 13.1 Å². The average molecular weight is 394 g/mol. The molecule has 9 heteroatoms. The summed E-state index contributed by atoms with van der Waals surface area (Å²) in [6.45, 7) is 1.64. The first-order valence-corrected chi connectivity index (χ1v) is 9.48. The Morgan fingerprint density at radius 2 is 1.96 bits per heavy atom. The van der Waals surface area contributed by atoms with E-state index in [-0.39, 0.29) is 29.0 Å². The fourth-order valence-corrected chi connectivity index (χ4v) is 3.74. The molecule has 0 spiro atoms. The Labute approximate surface area is 156 Å². The highest BCUT2D eigenvalue weighted by molar-refractivity contribution is 7.89. The zero-order chi connectivity index (χ0) is 18.7. The zero-order valence-corrected chi connectivity index (χ0v) is 15.6. The van der Waals surface area contributed by atoms with Crippen molar-refractivity contribution in [1.82, 2.24) is 14.9 Å². The van der Waals surface area contributed by atoms with E-state index in [1.54, 1.807) is 43.3 Å². The SMILES string of the molecule is COc1ccc(C)cc1S(=O)(=O)NCc1nnc(-c2ccccc2Cl)o1. The monoisotopic (exact) mass is 393 g/mol. The maximum absolute atomic E-state index is 12.6. The number of benzene rings is 2. The molecule has 26 heavy (non-hydrogen) atoms. The summed E-state index contributed by atoms with van der Waals surface area (Å²) in [6.07, 6.45) is 0. The number of halogens is 1. The lowest BCUT2D eigenvalue weighted by atomic mass is 10.2. The van der Waals surface area contributed by atoms with Crippen molar-refractivity contribution in [2.75, 3.05) is 7.11 Å². The topological polar surface area (TPSA) is 94.3 Å². The van der Waals surface area contributed by atoms with Gasteiger partial charge in [0.1, 0.15) is 10.6 Å². The zero-order valence-electron chi connectivity index (χ0n) is 14.1. The molecule has 0 aliphatic heterocycles. The van der Waals surface area contributed by atoms with Crippen molar-refractivity contribution in [3.05, 3.63) is 58.9 Å². The van der Waals surface area contributed by atoms with E-state index in [0.29, 0.717) is 10.6 Å². The minimum atomic E-state index is -3.82. The van der Waals surface area contributed by atoms with Crippen molar-refractivity contribution < 1.29 is 17.6 Å². The molecule has 0 radical (unpaired) electrons. The molecule has 3 rings (SSSR count). The molecular weight excluding hydrogens is 378 g/mol. The highest BCUT2D eigenvalue weighted by atomic mass is 35.5. The fraction of sp³-hybridized carbons (Fsp3) is 0.176. The van der Waals surface area contributed by atoms with Crippen LogP contribution in [-0.2, 0) is 16.6 Å². The van der Waals surface area contributed by atoms with Gasteiger partial charge in [-0.2, -0.15) is 0 Å². The van der Waals surface area contributed by atoms with Crippen molar-refractivity contribution in [2.24, 2.45) is 0 Å². The molecule has 1 aromatic heterocycles. The number of hydrogen-bond acceptors (Lipinski definition) is 6. The van der Waals surface area contributed by atoms with Crippen molar-refractivity contribution >= 4 is 21.6 Å². The average Bonchev–Trinajstić information content (AvgIpc) is 3.09. The minimum absolute atomic E-state index is 0.0471. The fourth-order valence-electron chi connectivity index (χ4n) is 2.30. The molecule has 0 aliphatic carbocycles. The summed E-state index contributed by atoms with van der Waals surface area (Å²) >= 11 is 6.09. The third-order valence-corrected chi connectivity index (χ3v) is 5.35. The molecule has 0 saturated carbocycles. The number of nitrogens with zero attached hydrogens (tertiary/aromatic N) is 2. The van der Waals surface area contributed by atoms with Crippen LogP contribution >= 0.6 is 11.6 Å². The van der Waals surface area contributed by atoms with Crippen molar-refractivity contribution in [1.29, 1.82) is 0 Å². The van der Waals surface area contributed by atoms with Gasteiger partial charge in [0, 0.05) is 0 Å². The van der Waals surface area contributed by atoms with Gasteiger partial charge in [0.05, 0.1) is 24.2 Å². The summed E-state index contributed by atoms with van der Waals surface area (Å²) in [4.78, 5) is 0.0471. The van der Waals surface area contributed by atoms with Gasteiger partial charge in [0.15, 0.2) is 0 Å². The van der Waals surface area contributed by atoms with E-state index in [2.05, 4.69) is 14.9 Å². The van der Waals surface area contributed by atoms with E-state index in [1.165, 1.54) is 13.2 Å². The highest BCUT2D eigenvalue weighted by Gasteiger charge is 2.21. The Hall–Kier alpha value is -2.42. The molecule has 0 atom stereocenters. The van der Waals surface area contributed by atoms with Gasteiger partial charge < -0.3 is 9.15 Å². The quantitative estimate of drug-likeness (QED) is 0.691. The first-order chi connectivity index (χ1) is 12.4. The van der Waals surface area contributed by atoms with Crippen LogP contribution in [0.15, 0.2) is 51.8 Å². The maximum Gasteiger partial charge on any atom is 0.249 e. The number of ether oxygens (including phenoxy) is 1. The Balaban J connectivity index is 1.79. The van der Waals surface area contributed by atoms with Crippen molar-refractivity contribution in [2.45, 2.75) is 18.4 Å². The lowest BCUT2D eigenvalue weighted by Crippen LogP contribution is -2.24. The van der Waals surface area contributed by atoms with Gasteiger partial charge in [0.2, 0.25) is 21.8 Å². The van der Waals surface area contributed by atoms with E-state index in [0.717, 1.165) is 5.56 Å². The number of methoxy groups -OCH3 is 1. The van der Waals surface area contributed by atoms with Crippen LogP contribution in [-0.4, -0.2) is 25.7 Å². The number of nitrogens with one attached hydrogen (secondary N) is 1. The van der Waals surface area contributed by atoms with Crippen LogP contribution in [0.5, 0.6) is 5.75 Å². The minimum Gasteiger partial charge on any atom is -0.495 e. The van der Waals surface area contributed by atoms with Gasteiger partial charge in [-0.1, -0.05) is 29.8 Å². The molecule has 136 valence electrons. The van der Waals surface area contributed by atoms with E-state index in [9.17, 15) is 8.42 Å². The predicted octanol–water partition coefficient (Wildman–Crippen LogP) is 3.19. The van der Waals surface area contributed by atoms with E-state index < -0.39 is 10.0 Å². The maximum atomic E-state index is 12.6. The second-order valence-electron chi connectivity index (χ2n) is 5.46. The second kappa shape index (κ2) is 7.45. The molecule has 1 heterocycles. The van der Waals surface area contributed by atoms with E-state index in [1.807, 2.05) is 0 Å². The van der Waals surface area contributed by atoms with Crippen LogP contribution in [0.3, 0.4) is 0 Å². The summed E-state index contributed by atoms with van der Waals surface area (Å²) in [7, 11) is -2.40. The molecular formula is C17H16ClN3O4S. The smallest absolute Gasteiger partial charge is 0.249 e. The predicted molar refractivity (Wildman–Crippen MR) is 96.5 cm³/mol. The van der Waals surface area contributed by atoms with E-state index >= 15 is 0 Å². The van der Waals surface area contributed by atoms with Crippen LogP contribution in [0.2, 0.25) is 5.02 Å². The van der Waals surface area contributed by atoms with Gasteiger partial charge in [0.25, 0.3) is 0 Å². The number of rotatable bonds is 6. The van der Waals surface area contributed by atoms with Gasteiger partial charge in [-0.15, -0.1) is 10.2 Å². The largest absolute Gasteiger partial charge is 0.495 e. The van der Waals surface area contributed by atoms with Gasteiger partial charge in [-0.3, -0.25) is 0 Å². The lowest BCUT2D eigenvalue weighted by molar-refractivity contribution is 0.402. The highest BCUT2D eigenvalue weighted by Crippen LogP contribution is 2.27. The van der Waals surface area contributed by atoms with Crippen LogP contribution in [0.1, 0.15) is 11.5 Å². The number of aryl methyl sites for hydroxylation is 1. The van der Waals surface area contributed by atoms with Crippen LogP contribution in [0.4, 0.5) is 0 Å². The van der Waals surface area contributed by atoms with E-state index in [4.69, 9.17) is 20.8 Å². The number of aromatic nitrogens is 2. The Bertz CT molecular complexity index is 1030. The standard InChI is InChI=1S/C17H16ClN3O4S/c1-11-7-8-14(24-2)15(9-11)26(22,23)19-10-16-20-21-17(25-16)12-5-3-4-6-13(12)18/h3-9,19H,10H2,1-2H3. The third kappa shape index (κ3) is 3.87.